The summed E-state index contributed by atoms with van der Waals surface area (Å²) in [6, 6.07) is 7.31. The van der Waals surface area contributed by atoms with Crippen molar-refractivity contribution >= 4 is 28.8 Å². The van der Waals surface area contributed by atoms with Gasteiger partial charge in [-0.2, -0.15) is 0 Å². The van der Waals surface area contributed by atoms with Gasteiger partial charge in [-0.05, 0) is 31.4 Å². The molecule has 1 aliphatic heterocycles. The Bertz CT molecular complexity index is 789. The van der Waals surface area contributed by atoms with Gasteiger partial charge in [0.15, 0.2) is 0 Å². The van der Waals surface area contributed by atoms with Crippen molar-refractivity contribution in [3.63, 3.8) is 0 Å². The highest BCUT2D eigenvalue weighted by atomic mass is 32.1. The van der Waals surface area contributed by atoms with E-state index in [1.54, 1.807) is 6.07 Å². The van der Waals surface area contributed by atoms with Crippen LogP contribution < -0.4 is 20.1 Å². The van der Waals surface area contributed by atoms with Crippen LogP contribution in [0.3, 0.4) is 0 Å². The van der Waals surface area contributed by atoms with Crippen molar-refractivity contribution in [3.8, 4) is 11.5 Å². The van der Waals surface area contributed by atoms with Gasteiger partial charge in [0.25, 0.3) is 5.91 Å². The summed E-state index contributed by atoms with van der Waals surface area (Å²) < 4.78 is 11.4. The summed E-state index contributed by atoms with van der Waals surface area (Å²) in [5, 5.41) is 7.44. The zero-order chi connectivity index (χ0) is 18.5. The molecule has 2 amide bonds. The number of anilines is 1. The molecule has 0 radical (unpaired) electrons. The van der Waals surface area contributed by atoms with E-state index < -0.39 is 0 Å². The molecule has 2 aromatic rings. The number of thiophene rings is 1. The molecule has 0 bridgehead atoms. The van der Waals surface area contributed by atoms with Crippen molar-refractivity contribution in [1.82, 2.24) is 5.32 Å². The normalized spacial score (nSPS) is 15.1. The summed E-state index contributed by atoms with van der Waals surface area (Å²) in [6.07, 6.45) is 1.13. The number of hydrogen-bond donors (Lipinski definition) is 2. The molecule has 0 fully saturated rings. The van der Waals surface area contributed by atoms with Gasteiger partial charge < -0.3 is 20.1 Å². The lowest BCUT2D eigenvalue weighted by Crippen LogP contribution is -2.27. The maximum atomic E-state index is 12.2. The summed E-state index contributed by atoms with van der Waals surface area (Å²) >= 11 is 1.37. The number of hydrogen-bond acceptors (Lipinski definition) is 5. The number of benzene rings is 1. The van der Waals surface area contributed by atoms with Crippen LogP contribution in [0.1, 0.15) is 35.5 Å². The topological polar surface area (TPSA) is 76.7 Å². The molecule has 138 valence electrons. The van der Waals surface area contributed by atoms with Crippen molar-refractivity contribution in [2.75, 3.05) is 18.5 Å². The smallest absolute Gasteiger partial charge is 0.261 e. The predicted octanol–water partition coefficient (Wildman–Crippen LogP) is 3.23. The maximum absolute atomic E-state index is 12.2. The lowest BCUT2D eigenvalue weighted by molar-refractivity contribution is -0.116. The summed E-state index contributed by atoms with van der Waals surface area (Å²) in [5.74, 6) is 1.06. The number of fused-ring (bicyclic) bond motifs is 1. The van der Waals surface area contributed by atoms with Gasteiger partial charge in [0.05, 0.1) is 17.2 Å². The first-order chi connectivity index (χ1) is 12.6. The van der Waals surface area contributed by atoms with Crippen LogP contribution in [0.25, 0.3) is 0 Å². The lowest BCUT2D eigenvalue weighted by atomic mass is 10.1. The summed E-state index contributed by atoms with van der Waals surface area (Å²) in [7, 11) is 0. The Hall–Kier alpha value is -2.54. The number of ether oxygens (including phenoxy) is 2. The highest BCUT2D eigenvalue weighted by Crippen LogP contribution is 2.38. The minimum absolute atomic E-state index is 0.123. The first-order valence-electron chi connectivity index (χ1n) is 8.64. The highest BCUT2D eigenvalue weighted by molar-refractivity contribution is 7.12. The Kier molecular flexibility index (Phi) is 5.78. The van der Waals surface area contributed by atoms with Crippen molar-refractivity contribution < 1.29 is 19.1 Å². The van der Waals surface area contributed by atoms with Crippen molar-refractivity contribution in [2.45, 2.75) is 32.8 Å². The van der Waals surface area contributed by atoms with E-state index in [-0.39, 0.29) is 30.9 Å². The number of carbonyl (C=O) groups excluding carboxylic acids is 2. The first kappa shape index (κ1) is 18.3. The highest BCUT2D eigenvalue weighted by Gasteiger charge is 2.22. The lowest BCUT2D eigenvalue weighted by Gasteiger charge is -2.13. The van der Waals surface area contributed by atoms with E-state index in [1.807, 2.05) is 37.4 Å². The van der Waals surface area contributed by atoms with Gasteiger partial charge in [0.2, 0.25) is 5.91 Å². The van der Waals surface area contributed by atoms with Crippen LogP contribution in [-0.2, 0) is 11.2 Å². The van der Waals surface area contributed by atoms with E-state index in [2.05, 4.69) is 10.6 Å². The van der Waals surface area contributed by atoms with E-state index in [0.29, 0.717) is 22.9 Å². The molecule has 7 heteroatoms. The Morgan fingerprint density at radius 2 is 2.23 bits per heavy atom. The van der Waals surface area contributed by atoms with E-state index in [4.69, 9.17) is 9.47 Å². The summed E-state index contributed by atoms with van der Waals surface area (Å²) in [6.45, 7) is 4.69. The van der Waals surface area contributed by atoms with Crippen LogP contribution >= 0.6 is 11.3 Å². The predicted molar refractivity (Wildman–Crippen MR) is 101 cm³/mol. The third kappa shape index (κ3) is 4.35. The molecule has 2 N–H and O–H groups in total. The molecule has 6 nitrogen and oxygen atoms in total. The van der Waals surface area contributed by atoms with Crippen LogP contribution in [0, 0.1) is 0 Å². The summed E-state index contributed by atoms with van der Waals surface area (Å²) in [5.41, 5.74) is 1.68. The van der Waals surface area contributed by atoms with E-state index in [1.165, 1.54) is 11.3 Å². The second-order valence-electron chi connectivity index (χ2n) is 6.05. The monoisotopic (exact) mass is 374 g/mol. The van der Waals surface area contributed by atoms with Crippen molar-refractivity contribution in [2.24, 2.45) is 0 Å². The Balaban J connectivity index is 1.58. The van der Waals surface area contributed by atoms with Crippen LogP contribution in [0.5, 0.6) is 11.5 Å². The van der Waals surface area contributed by atoms with Gasteiger partial charge >= 0.3 is 0 Å². The van der Waals surface area contributed by atoms with Gasteiger partial charge in [0, 0.05) is 31.0 Å². The molecule has 1 aromatic carbocycles. The molecular formula is C19H22N2O4S. The molecule has 0 spiro atoms. The van der Waals surface area contributed by atoms with Crippen LogP contribution in [-0.4, -0.2) is 31.1 Å². The molecule has 1 aromatic heterocycles. The minimum atomic E-state index is -0.191. The van der Waals surface area contributed by atoms with Crippen LogP contribution in [0.4, 0.5) is 5.69 Å². The molecule has 3 rings (SSSR count). The Morgan fingerprint density at radius 3 is 2.96 bits per heavy atom. The van der Waals surface area contributed by atoms with Crippen molar-refractivity contribution in [1.29, 1.82) is 0 Å². The fourth-order valence-corrected chi connectivity index (χ4v) is 3.45. The van der Waals surface area contributed by atoms with Gasteiger partial charge in [-0.15, -0.1) is 11.3 Å². The standard InChI is InChI=1S/C19H22N2O4S/c1-3-24-16-10-13-9-12(2)25-15(13)11-14(16)21-18(22)6-7-20-19(23)17-5-4-8-26-17/h4-5,8,10-12H,3,6-7,9H2,1-2H3,(H,20,23)(H,21,22)/t12-/m1/s1. The largest absolute Gasteiger partial charge is 0.492 e. The van der Waals surface area contributed by atoms with Crippen LogP contribution in [0.15, 0.2) is 29.6 Å². The quantitative estimate of drug-likeness (QED) is 0.780. The van der Waals surface area contributed by atoms with E-state index >= 15 is 0 Å². The first-order valence-corrected chi connectivity index (χ1v) is 9.52. The van der Waals surface area contributed by atoms with Gasteiger partial charge in [0.1, 0.15) is 17.6 Å². The summed E-state index contributed by atoms with van der Waals surface area (Å²) in [4.78, 5) is 24.8. The van der Waals surface area contributed by atoms with Crippen LogP contribution in [0.2, 0.25) is 0 Å². The molecule has 1 aliphatic rings. The minimum Gasteiger partial charge on any atom is -0.492 e. The molecular weight excluding hydrogens is 352 g/mol. The second kappa shape index (κ2) is 8.23. The third-order valence-corrected chi connectivity index (χ3v) is 4.82. The van der Waals surface area contributed by atoms with Gasteiger partial charge in [-0.25, -0.2) is 0 Å². The maximum Gasteiger partial charge on any atom is 0.261 e. The average molecular weight is 374 g/mol. The molecule has 26 heavy (non-hydrogen) atoms. The number of rotatable bonds is 7. The van der Waals surface area contributed by atoms with Gasteiger partial charge in [-0.1, -0.05) is 6.07 Å². The fraction of sp³-hybridized carbons (Fsp3) is 0.368. The molecule has 0 saturated carbocycles. The molecule has 0 saturated heterocycles. The SMILES string of the molecule is CCOc1cc2c(cc1NC(=O)CCNC(=O)c1cccs1)O[C@H](C)C2. The Morgan fingerprint density at radius 1 is 1.38 bits per heavy atom. The average Bonchev–Trinajstić information content (AvgIpc) is 3.24. The zero-order valence-corrected chi connectivity index (χ0v) is 15.7. The van der Waals surface area contributed by atoms with E-state index in [9.17, 15) is 9.59 Å². The number of carbonyl (C=O) groups is 2. The molecule has 0 aliphatic carbocycles. The molecule has 1 atom stereocenters. The fourth-order valence-electron chi connectivity index (χ4n) is 2.81. The zero-order valence-electron chi connectivity index (χ0n) is 14.8. The Labute approximate surface area is 156 Å². The van der Waals surface area contributed by atoms with Crippen molar-refractivity contribution in [3.05, 3.63) is 40.1 Å². The molecule has 2 heterocycles. The second-order valence-corrected chi connectivity index (χ2v) is 7.00. The number of amides is 2. The third-order valence-electron chi connectivity index (χ3n) is 3.95. The van der Waals surface area contributed by atoms with Gasteiger partial charge in [-0.3, -0.25) is 9.59 Å². The van der Waals surface area contributed by atoms with E-state index in [0.717, 1.165) is 17.7 Å². The molecule has 0 unspecified atom stereocenters. The number of nitrogens with one attached hydrogen (secondary N) is 2.